The topological polar surface area (TPSA) is 0 Å². The molecule has 0 heterocycles. The van der Waals surface area contributed by atoms with E-state index in [2.05, 4.69) is 71.9 Å². The number of hydrogen-bond donors (Lipinski definition) is 0. The summed E-state index contributed by atoms with van der Waals surface area (Å²) in [7, 11) is 0. The lowest BCUT2D eigenvalue weighted by Crippen LogP contribution is -2.26. The van der Waals surface area contributed by atoms with Gasteiger partial charge in [-0.1, -0.05) is 60.5 Å². The van der Waals surface area contributed by atoms with Gasteiger partial charge in [0, 0.05) is 5.92 Å². The Balaban J connectivity index is 2.85. The van der Waals surface area contributed by atoms with Gasteiger partial charge in [-0.3, -0.25) is 0 Å². The van der Waals surface area contributed by atoms with E-state index in [1.165, 1.54) is 27.9 Å². The Bertz CT molecular complexity index is 571. The average molecular weight is 323 g/mol. The van der Waals surface area contributed by atoms with E-state index in [0.717, 1.165) is 0 Å². The first kappa shape index (κ1) is 16.6. The minimum atomic E-state index is -0.738. The van der Waals surface area contributed by atoms with Crippen LogP contribution in [0.15, 0.2) is 58.2 Å². The third kappa shape index (κ3) is 1.82. The number of halogens is 2. The van der Waals surface area contributed by atoms with Crippen LogP contribution in [0.3, 0.4) is 0 Å². The van der Waals surface area contributed by atoms with Crippen molar-refractivity contribution < 1.29 is 0 Å². The average Bonchev–Trinajstić information content (AvgIpc) is 2.91. The molecule has 0 nitrogen and oxygen atoms in total. The fourth-order valence-corrected chi connectivity index (χ4v) is 5.06. The normalized spacial score (nSPS) is 41.0. The summed E-state index contributed by atoms with van der Waals surface area (Å²) in [5, 5.41) is 0. The van der Waals surface area contributed by atoms with Crippen LogP contribution in [-0.2, 0) is 0 Å². The molecule has 0 aromatic carbocycles. The molecule has 0 saturated heterocycles. The second-order valence-electron chi connectivity index (χ2n) is 5.66. The van der Waals surface area contributed by atoms with E-state index >= 15 is 0 Å². The summed E-state index contributed by atoms with van der Waals surface area (Å²) in [6.07, 6.45) is 10.9. The highest BCUT2D eigenvalue weighted by Crippen LogP contribution is 2.79. The Labute approximate surface area is 138 Å². The Kier molecular flexibility index (Phi) is 4.35. The number of hydrogen-bond acceptors (Lipinski definition) is 0. The molecule has 2 heteroatoms. The Morgan fingerprint density at radius 2 is 1.05 bits per heavy atom. The summed E-state index contributed by atoms with van der Waals surface area (Å²) in [4.78, 5) is 0. The van der Waals surface area contributed by atoms with Crippen molar-refractivity contribution in [1.29, 1.82) is 0 Å². The van der Waals surface area contributed by atoms with Crippen LogP contribution in [0.1, 0.15) is 41.5 Å². The molecule has 0 amide bonds. The largest absolute Gasteiger partial charge is 0.136 e. The van der Waals surface area contributed by atoms with Gasteiger partial charge in [-0.2, -0.15) is 0 Å². The lowest BCUT2D eigenvalue weighted by Gasteiger charge is -2.37. The SMILES string of the molecule is CC=C1C(=C/C)/C(=C/C)C2(C(=C/C)/C1=C/C)[C@H](C)C2(Cl)Cl. The lowest BCUT2D eigenvalue weighted by atomic mass is 9.67. The van der Waals surface area contributed by atoms with Crippen molar-refractivity contribution >= 4 is 23.2 Å². The molecule has 2 rings (SSSR count). The standard InChI is InChI=1S/C19H24Cl2/c1-7-13-14(8-2)16(10-4)18(12(6)19(18,20)21)17(11-5)15(13)9-3/h7-12H,1-6H3/b13-7?,14-8-,15-9+,16-10-,17-11+/t12-,18?/m0/s1. The smallest absolute Gasteiger partial charge is 0.0999 e. The molecule has 2 aliphatic carbocycles. The van der Waals surface area contributed by atoms with Gasteiger partial charge in [0.25, 0.3) is 0 Å². The number of rotatable bonds is 0. The molecule has 2 aliphatic rings. The quantitative estimate of drug-likeness (QED) is 0.444. The molecule has 0 radical (unpaired) electrons. The maximum Gasteiger partial charge on any atom is 0.136 e. The molecule has 2 saturated carbocycles. The zero-order valence-electron chi connectivity index (χ0n) is 13.7. The van der Waals surface area contributed by atoms with Crippen molar-refractivity contribution in [2.45, 2.75) is 45.9 Å². The summed E-state index contributed by atoms with van der Waals surface area (Å²) < 4.78 is -0.738. The summed E-state index contributed by atoms with van der Waals surface area (Å²) >= 11 is 13.4. The Morgan fingerprint density at radius 1 is 0.714 bits per heavy atom. The van der Waals surface area contributed by atoms with Crippen LogP contribution < -0.4 is 0 Å². The van der Waals surface area contributed by atoms with Crippen molar-refractivity contribution in [2.24, 2.45) is 11.3 Å². The summed E-state index contributed by atoms with van der Waals surface area (Å²) in [5.41, 5.74) is 6.02. The lowest BCUT2D eigenvalue weighted by molar-refractivity contribution is 0.648. The molecule has 1 unspecified atom stereocenters. The highest BCUT2D eigenvalue weighted by Gasteiger charge is 2.78. The van der Waals surface area contributed by atoms with E-state index in [9.17, 15) is 0 Å². The monoisotopic (exact) mass is 322 g/mol. The van der Waals surface area contributed by atoms with E-state index in [1.54, 1.807) is 0 Å². The number of alkyl halides is 2. The zero-order valence-corrected chi connectivity index (χ0v) is 15.2. The zero-order chi connectivity index (χ0) is 16.0. The Hall–Kier alpha value is -0.720. The molecule has 21 heavy (non-hydrogen) atoms. The van der Waals surface area contributed by atoms with Crippen LogP contribution in [0, 0.1) is 11.3 Å². The first-order chi connectivity index (χ1) is 9.89. The van der Waals surface area contributed by atoms with Crippen LogP contribution in [0.4, 0.5) is 0 Å². The highest BCUT2D eigenvalue weighted by atomic mass is 35.5. The van der Waals surface area contributed by atoms with Gasteiger partial charge in [0.05, 0.1) is 5.41 Å². The van der Waals surface area contributed by atoms with Crippen LogP contribution in [0.5, 0.6) is 0 Å². The predicted molar refractivity (Wildman–Crippen MR) is 94.8 cm³/mol. The Morgan fingerprint density at radius 3 is 1.24 bits per heavy atom. The molecule has 0 aromatic rings. The van der Waals surface area contributed by atoms with Gasteiger partial charge in [-0.25, -0.2) is 0 Å². The molecule has 0 N–H and O–H groups in total. The molecular weight excluding hydrogens is 299 g/mol. The van der Waals surface area contributed by atoms with Gasteiger partial charge < -0.3 is 0 Å². The molecule has 1 spiro atoms. The fourth-order valence-electron chi connectivity index (χ4n) is 4.10. The molecule has 114 valence electrons. The van der Waals surface area contributed by atoms with Crippen LogP contribution in [-0.4, -0.2) is 4.33 Å². The van der Waals surface area contributed by atoms with Gasteiger partial charge in [-0.05, 0) is 62.5 Å². The van der Waals surface area contributed by atoms with Gasteiger partial charge in [0.1, 0.15) is 4.33 Å². The van der Waals surface area contributed by atoms with Crippen LogP contribution >= 0.6 is 23.2 Å². The van der Waals surface area contributed by atoms with E-state index in [0.29, 0.717) is 0 Å². The molecule has 0 aromatic heterocycles. The third-order valence-electron chi connectivity index (χ3n) is 5.09. The van der Waals surface area contributed by atoms with Gasteiger partial charge in [0.15, 0.2) is 0 Å². The fraction of sp³-hybridized carbons (Fsp3) is 0.474. The van der Waals surface area contributed by atoms with E-state index in [-0.39, 0.29) is 11.3 Å². The second kappa shape index (κ2) is 5.48. The number of allylic oxidation sites excluding steroid dienone is 10. The maximum atomic E-state index is 6.72. The van der Waals surface area contributed by atoms with Crippen molar-refractivity contribution in [3.63, 3.8) is 0 Å². The molecular formula is C19H24Cl2. The summed E-state index contributed by atoms with van der Waals surface area (Å²) in [6, 6.07) is 0. The van der Waals surface area contributed by atoms with Crippen molar-refractivity contribution in [3.8, 4) is 0 Å². The first-order valence-corrected chi connectivity index (χ1v) is 8.37. The summed E-state index contributed by atoms with van der Waals surface area (Å²) in [6.45, 7) is 12.6. The van der Waals surface area contributed by atoms with Gasteiger partial charge in [0.2, 0.25) is 0 Å². The van der Waals surface area contributed by atoms with Crippen molar-refractivity contribution in [2.75, 3.05) is 0 Å². The molecule has 0 bridgehead atoms. The molecule has 2 fully saturated rings. The van der Waals surface area contributed by atoms with Crippen molar-refractivity contribution in [3.05, 3.63) is 58.2 Å². The first-order valence-electron chi connectivity index (χ1n) is 7.61. The van der Waals surface area contributed by atoms with E-state index < -0.39 is 4.33 Å². The van der Waals surface area contributed by atoms with Gasteiger partial charge in [-0.15, -0.1) is 0 Å². The van der Waals surface area contributed by atoms with E-state index in [1.807, 2.05) is 0 Å². The highest BCUT2D eigenvalue weighted by molar-refractivity contribution is 6.52. The van der Waals surface area contributed by atoms with Crippen molar-refractivity contribution in [1.82, 2.24) is 0 Å². The molecule has 2 atom stereocenters. The molecule has 0 aliphatic heterocycles. The maximum absolute atomic E-state index is 6.72. The predicted octanol–water partition coefficient (Wildman–Crippen LogP) is 6.54. The van der Waals surface area contributed by atoms with E-state index in [4.69, 9.17) is 23.2 Å². The van der Waals surface area contributed by atoms with Crippen LogP contribution in [0.25, 0.3) is 0 Å². The third-order valence-corrected chi connectivity index (χ3v) is 6.34. The summed E-state index contributed by atoms with van der Waals surface area (Å²) in [5.74, 6) is 0.203. The minimum Gasteiger partial charge on any atom is -0.0999 e. The van der Waals surface area contributed by atoms with Gasteiger partial charge >= 0.3 is 0 Å². The second-order valence-corrected chi connectivity index (χ2v) is 7.05. The van der Waals surface area contributed by atoms with Crippen LogP contribution in [0.2, 0.25) is 0 Å². The minimum absolute atomic E-state index is 0.203.